The lowest BCUT2D eigenvalue weighted by atomic mass is 9.76. The Balaban J connectivity index is 1.46. The fourth-order valence-electron chi connectivity index (χ4n) is 5.31. The summed E-state index contributed by atoms with van der Waals surface area (Å²) in [7, 11) is 3.02. The number of carbonyl (C=O) groups excluding carboxylic acids is 2. The Morgan fingerprint density at radius 3 is 2.18 bits per heavy atom. The van der Waals surface area contributed by atoms with E-state index in [2.05, 4.69) is 20.9 Å². The second-order valence-electron chi connectivity index (χ2n) is 9.34. The largest absolute Gasteiger partial charge is 0.423 e. The summed E-state index contributed by atoms with van der Waals surface area (Å²) in [6.45, 7) is 0. The molecule has 8 nitrogen and oxygen atoms in total. The van der Waals surface area contributed by atoms with Crippen LogP contribution in [0.2, 0.25) is 0 Å². The number of benzene rings is 3. The number of halogens is 1. The molecule has 1 aliphatic heterocycles. The number of hydrogen-bond donors (Lipinski definition) is 1. The van der Waals surface area contributed by atoms with Gasteiger partial charge in [0.2, 0.25) is 0 Å². The van der Waals surface area contributed by atoms with Crippen LogP contribution in [0.25, 0.3) is 0 Å². The summed E-state index contributed by atoms with van der Waals surface area (Å²) in [4.78, 5) is 55.7. The fraction of sp³-hybridized carbons (Fsp3) is 0.138. The van der Waals surface area contributed by atoms with Crippen molar-refractivity contribution in [3.8, 4) is 5.75 Å². The highest BCUT2D eigenvalue weighted by molar-refractivity contribution is 9.10. The zero-order chi connectivity index (χ0) is 26.7. The lowest BCUT2D eigenvalue weighted by Crippen LogP contribution is -2.74. The number of nitrogens with one attached hydrogen (secondary N) is 1. The molecule has 38 heavy (non-hydrogen) atoms. The number of Topliss-reactive ketones (excluding diaryl/α,β-unsaturated/α-hetero) is 1. The summed E-state index contributed by atoms with van der Waals surface area (Å²) in [5.41, 5.74) is 2.49. The van der Waals surface area contributed by atoms with Gasteiger partial charge >= 0.3 is 11.7 Å². The monoisotopic (exact) mass is 570 g/mol. The van der Waals surface area contributed by atoms with E-state index in [9.17, 15) is 19.2 Å². The lowest BCUT2D eigenvalue weighted by Gasteiger charge is -2.26. The summed E-state index contributed by atoms with van der Waals surface area (Å²) >= 11 is 3.34. The van der Waals surface area contributed by atoms with Gasteiger partial charge in [-0.05, 0) is 42.0 Å². The van der Waals surface area contributed by atoms with E-state index < -0.39 is 29.1 Å². The molecule has 3 aromatic carbocycles. The highest BCUT2D eigenvalue weighted by Crippen LogP contribution is 2.42. The zero-order valence-electron chi connectivity index (χ0n) is 20.4. The first-order valence-corrected chi connectivity index (χ1v) is 12.7. The van der Waals surface area contributed by atoms with Crippen molar-refractivity contribution in [2.24, 2.45) is 20.0 Å². The number of esters is 1. The quantitative estimate of drug-likeness (QED) is 0.300. The molecule has 1 aliphatic carbocycles. The molecule has 2 atom stereocenters. The molecule has 0 fully saturated rings. The maximum atomic E-state index is 13.7. The van der Waals surface area contributed by atoms with Gasteiger partial charge in [-0.1, -0.05) is 52.3 Å². The average molecular weight is 571 g/mol. The van der Waals surface area contributed by atoms with Crippen molar-refractivity contribution in [3.05, 3.63) is 126 Å². The standard InChI is InChI=1S/C29H20BrN3O5/c1-32-26-23(27(35)33(2)29(32)37)21(22-24(31-26)19-5-3-4-6-20(19)25(22)34)15-9-13-18(14-10-15)38-28(36)16-7-11-17(30)12-8-16/h3-14,21-22H,1-2H3/p+1. The number of carbonyl (C=O) groups is 2. The molecule has 9 heteroatoms. The fourth-order valence-corrected chi connectivity index (χ4v) is 5.58. The predicted octanol–water partition coefficient (Wildman–Crippen LogP) is 2.23. The number of nitrogens with zero attached hydrogens (tertiary/aromatic N) is 2. The van der Waals surface area contributed by atoms with Crippen molar-refractivity contribution >= 4 is 39.2 Å². The molecule has 188 valence electrons. The van der Waals surface area contributed by atoms with Crippen LogP contribution in [-0.2, 0) is 14.1 Å². The summed E-state index contributed by atoms with van der Waals surface area (Å²) in [6.07, 6.45) is 0. The van der Waals surface area contributed by atoms with Gasteiger partial charge in [-0.15, -0.1) is 0 Å². The Kier molecular flexibility index (Phi) is 5.61. The molecule has 0 spiro atoms. The first-order chi connectivity index (χ1) is 18.3. The smallest absolute Gasteiger partial charge is 0.417 e. The molecule has 0 bridgehead atoms. The number of ketones is 1. The van der Waals surface area contributed by atoms with E-state index in [4.69, 9.17) is 4.74 Å². The molecular formula is C29H21BrN3O5+. The summed E-state index contributed by atoms with van der Waals surface area (Å²) in [6, 6.07) is 20.9. The van der Waals surface area contributed by atoms with Gasteiger partial charge in [0.25, 0.3) is 11.4 Å². The van der Waals surface area contributed by atoms with Gasteiger partial charge in [-0.2, -0.15) is 4.57 Å². The number of ether oxygens (including phenoxy) is 1. The van der Waals surface area contributed by atoms with E-state index in [0.29, 0.717) is 39.5 Å². The van der Waals surface area contributed by atoms with E-state index in [1.165, 1.54) is 11.6 Å². The van der Waals surface area contributed by atoms with Gasteiger partial charge in [-0.25, -0.2) is 19.1 Å². The topological polar surface area (TPSA) is 101 Å². The highest BCUT2D eigenvalue weighted by atomic mass is 79.9. The Bertz CT molecular complexity index is 1800. The van der Waals surface area contributed by atoms with Gasteiger partial charge < -0.3 is 4.74 Å². The molecule has 0 amide bonds. The second kappa shape index (κ2) is 8.88. The third kappa shape index (κ3) is 3.61. The summed E-state index contributed by atoms with van der Waals surface area (Å²) in [5.74, 6) is -1.22. The molecule has 2 unspecified atom stereocenters. The molecule has 1 N–H and O–H groups in total. The number of aromatic nitrogens is 2. The SMILES string of the molecule is Cn1c2c(c(=O)n(C)c1=O)C(c1ccc(OC(=O)c3ccc(Br)cc3)cc1)C1C(=O)c3ccccc3C1=[NH+]2. The van der Waals surface area contributed by atoms with Crippen LogP contribution in [-0.4, -0.2) is 26.6 Å². The molecule has 6 rings (SSSR count). The first kappa shape index (κ1) is 24.0. The van der Waals surface area contributed by atoms with Crippen molar-refractivity contribution in [3.63, 3.8) is 0 Å². The normalized spacial score (nSPS) is 17.3. The average Bonchev–Trinajstić information content (AvgIpc) is 3.22. The summed E-state index contributed by atoms with van der Waals surface area (Å²) in [5, 5.41) is 0. The lowest BCUT2D eigenvalue weighted by molar-refractivity contribution is -0.368. The first-order valence-electron chi connectivity index (χ1n) is 11.9. The summed E-state index contributed by atoms with van der Waals surface area (Å²) < 4.78 is 8.84. The van der Waals surface area contributed by atoms with Gasteiger partial charge in [-0.3, -0.25) is 9.59 Å². The Hall–Kier alpha value is -4.37. The maximum Gasteiger partial charge on any atom is 0.417 e. The van der Waals surface area contributed by atoms with Gasteiger partial charge in [0.05, 0.1) is 18.5 Å². The molecule has 0 radical (unpaired) electrons. The minimum absolute atomic E-state index is 0.0969. The van der Waals surface area contributed by atoms with Crippen LogP contribution in [0.1, 0.15) is 43.3 Å². The number of fused-ring (bicyclic) bond motifs is 4. The van der Waals surface area contributed by atoms with Crippen molar-refractivity contribution < 1.29 is 19.3 Å². The zero-order valence-corrected chi connectivity index (χ0v) is 22.0. The van der Waals surface area contributed by atoms with E-state index in [0.717, 1.165) is 14.6 Å². The van der Waals surface area contributed by atoms with Crippen molar-refractivity contribution in [1.82, 2.24) is 9.13 Å². The molecule has 2 aliphatic rings. The van der Waals surface area contributed by atoms with Crippen molar-refractivity contribution in [1.29, 1.82) is 0 Å². The van der Waals surface area contributed by atoms with E-state index >= 15 is 0 Å². The molecular weight excluding hydrogens is 550 g/mol. The van der Waals surface area contributed by atoms with Crippen molar-refractivity contribution in [2.75, 3.05) is 0 Å². The number of rotatable bonds is 3. The maximum absolute atomic E-state index is 13.7. The van der Waals surface area contributed by atoms with E-state index in [-0.39, 0.29) is 5.78 Å². The number of hydrogen-bond acceptors (Lipinski definition) is 5. The minimum atomic E-state index is -0.665. The van der Waals surface area contributed by atoms with Crippen LogP contribution < -0.4 is 21.0 Å². The predicted molar refractivity (Wildman–Crippen MR) is 143 cm³/mol. The van der Waals surface area contributed by atoms with Crippen LogP contribution in [0.3, 0.4) is 0 Å². The van der Waals surface area contributed by atoms with E-state index in [1.807, 2.05) is 12.1 Å². The van der Waals surface area contributed by atoms with Crippen LogP contribution in [0.4, 0.5) is 5.82 Å². The van der Waals surface area contributed by atoms with Gasteiger partial charge in [0.1, 0.15) is 17.0 Å². The van der Waals surface area contributed by atoms with Crippen molar-refractivity contribution in [2.45, 2.75) is 5.92 Å². The molecule has 1 aromatic heterocycles. The van der Waals surface area contributed by atoms with E-state index in [1.54, 1.807) is 67.7 Å². The van der Waals surface area contributed by atoms with Crippen LogP contribution in [0.15, 0.2) is 86.9 Å². The Morgan fingerprint density at radius 1 is 0.842 bits per heavy atom. The molecule has 4 aromatic rings. The third-order valence-electron chi connectivity index (χ3n) is 7.20. The van der Waals surface area contributed by atoms with Crippen LogP contribution >= 0.6 is 15.9 Å². The second-order valence-corrected chi connectivity index (χ2v) is 10.3. The third-order valence-corrected chi connectivity index (χ3v) is 7.73. The van der Waals surface area contributed by atoms with Crippen LogP contribution in [0.5, 0.6) is 5.75 Å². The Morgan fingerprint density at radius 2 is 1.50 bits per heavy atom. The van der Waals surface area contributed by atoms with Gasteiger partial charge in [0.15, 0.2) is 5.78 Å². The highest BCUT2D eigenvalue weighted by Gasteiger charge is 2.50. The molecule has 2 heterocycles. The minimum Gasteiger partial charge on any atom is -0.423 e. The van der Waals surface area contributed by atoms with Crippen LogP contribution in [0, 0.1) is 5.92 Å². The molecule has 0 saturated heterocycles. The van der Waals surface area contributed by atoms with Gasteiger partial charge in [0, 0.05) is 28.6 Å². The Labute approximate surface area is 225 Å². The molecule has 0 saturated carbocycles.